The minimum Gasteiger partial charge on any atom is -0.494 e. The van der Waals surface area contributed by atoms with Crippen LogP contribution in [0.3, 0.4) is 0 Å². The van der Waals surface area contributed by atoms with Crippen molar-refractivity contribution < 1.29 is 9.13 Å². The number of rotatable bonds is 5. The van der Waals surface area contributed by atoms with E-state index in [4.69, 9.17) is 4.74 Å². The first-order valence-electron chi connectivity index (χ1n) is 5.79. The van der Waals surface area contributed by atoms with Crippen molar-refractivity contribution in [1.29, 1.82) is 0 Å². The van der Waals surface area contributed by atoms with Crippen LogP contribution in [0.25, 0.3) is 0 Å². The van der Waals surface area contributed by atoms with Gasteiger partial charge in [-0.1, -0.05) is 6.07 Å². The predicted octanol–water partition coefficient (Wildman–Crippen LogP) is 2.87. The lowest BCUT2D eigenvalue weighted by atomic mass is 10.1. The molecule has 0 amide bonds. The lowest BCUT2D eigenvalue weighted by molar-refractivity contribution is 0.386. The molecule has 0 bridgehead atoms. The molecule has 0 saturated carbocycles. The molecule has 0 aliphatic carbocycles. The summed E-state index contributed by atoms with van der Waals surface area (Å²) in [5.41, 5.74) is 4.55. The molecule has 0 aliphatic rings. The van der Waals surface area contributed by atoms with Crippen molar-refractivity contribution in [3.05, 3.63) is 54.1 Å². The second-order valence-corrected chi connectivity index (χ2v) is 3.83. The van der Waals surface area contributed by atoms with Crippen LogP contribution >= 0.6 is 0 Å². The average Bonchev–Trinajstić information content (AvgIpc) is 2.45. The van der Waals surface area contributed by atoms with Crippen molar-refractivity contribution >= 4 is 11.9 Å². The fraction of sp³-hybridized carbons (Fsp3) is 0.143. The largest absolute Gasteiger partial charge is 0.494 e. The van der Waals surface area contributed by atoms with Gasteiger partial charge in [-0.3, -0.25) is 10.4 Å². The second-order valence-electron chi connectivity index (χ2n) is 3.83. The highest BCUT2D eigenvalue weighted by Gasteiger charge is 2.02. The van der Waals surface area contributed by atoms with Gasteiger partial charge in [-0.15, -0.1) is 0 Å². The smallest absolute Gasteiger partial charge is 0.165 e. The minimum absolute atomic E-state index is 0.246. The van der Waals surface area contributed by atoms with Gasteiger partial charge in [0.1, 0.15) is 0 Å². The van der Waals surface area contributed by atoms with Gasteiger partial charge in [0, 0.05) is 25.0 Å². The molecule has 2 rings (SSSR count). The number of nitrogens with one attached hydrogen (secondary N) is 1. The summed E-state index contributed by atoms with van der Waals surface area (Å²) in [7, 11) is 1.44. The Balaban J connectivity index is 1.90. The molecule has 2 aromatic rings. The topological polar surface area (TPSA) is 46.5 Å². The van der Waals surface area contributed by atoms with E-state index in [2.05, 4.69) is 15.5 Å². The molecular formula is C14H14FN3O. The van der Waals surface area contributed by atoms with Gasteiger partial charge < -0.3 is 4.74 Å². The number of hydrogen-bond acceptors (Lipinski definition) is 4. The third kappa shape index (κ3) is 3.77. The highest BCUT2D eigenvalue weighted by Crippen LogP contribution is 2.17. The molecule has 0 radical (unpaired) electrons. The van der Waals surface area contributed by atoms with Gasteiger partial charge in [0.25, 0.3) is 0 Å². The van der Waals surface area contributed by atoms with Crippen molar-refractivity contribution in [1.82, 2.24) is 4.98 Å². The quantitative estimate of drug-likeness (QED) is 0.663. The van der Waals surface area contributed by atoms with Crippen LogP contribution in [0.2, 0.25) is 0 Å². The third-order valence-corrected chi connectivity index (χ3v) is 2.51. The second kappa shape index (κ2) is 6.49. The summed E-state index contributed by atoms with van der Waals surface area (Å²) >= 11 is 0. The maximum absolute atomic E-state index is 13.4. The summed E-state index contributed by atoms with van der Waals surface area (Å²) in [5.74, 6) is -0.119. The summed E-state index contributed by atoms with van der Waals surface area (Å²) in [6, 6.07) is 8.47. The number of nitrogens with zero attached hydrogens (tertiary/aromatic N) is 2. The van der Waals surface area contributed by atoms with Crippen molar-refractivity contribution in [3.8, 4) is 5.75 Å². The van der Waals surface area contributed by atoms with E-state index in [1.165, 1.54) is 13.2 Å². The van der Waals surface area contributed by atoms with Crippen molar-refractivity contribution in [2.45, 2.75) is 6.42 Å². The molecule has 1 aromatic heterocycles. The van der Waals surface area contributed by atoms with E-state index in [-0.39, 0.29) is 11.6 Å². The maximum atomic E-state index is 13.4. The maximum Gasteiger partial charge on any atom is 0.165 e. The number of pyridine rings is 1. The van der Waals surface area contributed by atoms with E-state index < -0.39 is 0 Å². The molecule has 4 nitrogen and oxygen atoms in total. The Morgan fingerprint density at radius 1 is 1.32 bits per heavy atom. The summed E-state index contributed by atoms with van der Waals surface area (Å²) < 4.78 is 18.3. The predicted molar refractivity (Wildman–Crippen MR) is 73.0 cm³/mol. The van der Waals surface area contributed by atoms with E-state index in [1.54, 1.807) is 30.7 Å². The van der Waals surface area contributed by atoms with E-state index in [9.17, 15) is 4.39 Å². The molecule has 0 unspecified atom stereocenters. The Morgan fingerprint density at radius 3 is 2.79 bits per heavy atom. The summed E-state index contributed by atoms with van der Waals surface area (Å²) in [5, 5.41) is 4.05. The number of benzene rings is 1. The zero-order valence-corrected chi connectivity index (χ0v) is 10.5. The first-order chi connectivity index (χ1) is 9.29. The Hall–Kier alpha value is -2.43. The number of halogens is 1. The fourth-order valence-corrected chi connectivity index (χ4v) is 1.53. The lowest BCUT2D eigenvalue weighted by Gasteiger charge is -2.03. The van der Waals surface area contributed by atoms with E-state index in [0.717, 1.165) is 11.3 Å². The molecule has 98 valence electrons. The SMILES string of the molecule is COc1ccc(CC=NNc2ccncc2)cc1F. The van der Waals surface area contributed by atoms with Gasteiger partial charge in [-0.05, 0) is 29.8 Å². The van der Waals surface area contributed by atoms with Crippen LogP contribution < -0.4 is 10.2 Å². The molecule has 0 fully saturated rings. The number of ether oxygens (including phenoxy) is 1. The van der Waals surface area contributed by atoms with Gasteiger partial charge in [-0.2, -0.15) is 5.10 Å². The molecule has 0 spiro atoms. The molecule has 1 aromatic carbocycles. The van der Waals surface area contributed by atoms with Crippen LogP contribution in [0.5, 0.6) is 5.75 Å². The van der Waals surface area contributed by atoms with E-state index >= 15 is 0 Å². The number of aromatic nitrogens is 1. The average molecular weight is 259 g/mol. The Labute approximate surface area is 110 Å². The standard InChI is InChI=1S/C14H14FN3O/c1-19-14-3-2-11(10-13(14)15)4-9-17-18-12-5-7-16-8-6-12/h2-3,5-10H,4H2,1H3,(H,16,18). The number of hydrazone groups is 1. The number of anilines is 1. The van der Waals surface area contributed by atoms with Gasteiger partial charge in [0.05, 0.1) is 12.8 Å². The molecule has 19 heavy (non-hydrogen) atoms. The summed E-state index contributed by atoms with van der Waals surface area (Å²) in [4.78, 5) is 3.90. The summed E-state index contributed by atoms with van der Waals surface area (Å²) in [6.45, 7) is 0. The van der Waals surface area contributed by atoms with Crippen LogP contribution in [0.4, 0.5) is 10.1 Å². The fourth-order valence-electron chi connectivity index (χ4n) is 1.53. The minimum atomic E-state index is -0.365. The van der Waals surface area contributed by atoms with Gasteiger partial charge in [0.2, 0.25) is 0 Å². The van der Waals surface area contributed by atoms with E-state index in [0.29, 0.717) is 6.42 Å². The molecule has 0 aliphatic heterocycles. The van der Waals surface area contributed by atoms with Crippen LogP contribution in [0, 0.1) is 5.82 Å². The zero-order valence-electron chi connectivity index (χ0n) is 10.5. The molecular weight excluding hydrogens is 245 g/mol. The lowest BCUT2D eigenvalue weighted by Crippen LogP contribution is -1.94. The number of hydrogen-bond donors (Lipinski definition) is 1. The summed E-state index contributed by atoms with van der Waals surface area (Å²) in [6.07, 6.45) is 5.58. The van der Waals surface area contributed by atoms with Crippen molar-refractivity contribution in [2.75, 3.05) is 12.5 Å². The monoisotopic (exact) mass is 259 g/mol. The van der Waals surface area contributed by atoms with Crippen LogP contribution in [-0.2, 0) is 6.42 Å². The highest BCUT2D eigenvalue weighted by atomic mass is 19.1. The van der Waals surface area contributed by atoms with Gasteiger partial charge >= 0.3 is 0 Å². The zero-order chi connectivity index (χ0) is 13.5. The normalized spacial score (nSPS) is 10.6. The molecule has 1 N–H and O–H groups in total. The molecule has 1 heterocycles. The first kappa shape index (κ1) is 13.0. The molecule has 0 saturated heterocycles. The molecule has 5 heteroatoms. The Bertz CT molecular complexity index is 558. The van der Waals surface area contributed by atoms with E-state index in [1.807, 2.05) is 12.1 Å². The van der Waals surface area contributed by atoms with Crippen molar-refractivity contribution in [3.63, 3.8) is 0 Å². The van der Waals surface area contributed by atoms with Crippen LogP contribution in [-0.4, -0.2) is 18.3 Å². The van der Waals surface area contributed by atoms with Crippen molar-refractivity contribution in [2.24, 2.45) is 5.10 Å². The molecule has 0 atom stereocenters. The Kier molecular flexibility index (Phi) is 4.44. The van der Waals surface area contributed by atoms with Gasteiger partial charge in [0.15, 0.2) is 11.6 Å². The van der Waals surface area contributed by atoms with Gasteiger partial charge in [-0.25, -0.2) is 4.39 Å². The number of methoxy groups -OCH3 is 1. The first-order valence-corrected chi connectivity index (χ1v) is 5.79. The van der Waals surface area contributed by atoms with Crippen LogP contribution in [0.15, 0.2) is 47.8 Å². The van der Waals surface area contributed by atoms with Crippen LogP contribution in [0.1, 0.15) is 5.56 Å². The highest BCUT2D eigenvalue weighted by molar-refractivity contribution is 5.63. The third-order valence-electron chi connectivity index (χ3n) is 2.51. The Morgan fingerprint density at radius 2 is 2.11 bits per heavy atom.